The van der Waals surface area contributed by atoms with Gasteiger partial charge in [0.2, 0.25) is 0 Å². The molecule has 17 heavy (non-hydrogen) atoms. The second-order valence-electron chi connectivity index (χ2n) is 4.31. The third-order valence-electron chi connectivity index (χ3n) is 3.03. The third kappa shape index (κ3) is 1.94. The lowest BCUT2D eigenvalue weighted by atomic mass is 9.97. The van der Waals surface area contributed by atoms with Gasteiger partial charge in [-0.15, -0.1) is 0 Å². The van der Waals surface area contributed by atoms with E-state index in [1.165, 1.54) is 6.07 Å². The maximum absolute atomic E-state index is 11.4. The normalized spacial score (nSPS) is 12.0. The molecule has 0 radical (unpaired) electrons. The Morgan fingerprint density at radius 3 is 1.71 bits per heavy atom. The fourth-order valence-corrected chi connectivity index (χ4v) is 2.98. The van der Waals surface area contributed by atoms with Crippen molar-refractivity contribution < 1.29 is 13.0 Å². The Morgan fingerprint density at radius 1 is 0.824 bits per heavy atom. The van der Waals surface area contributed by atoms with Gasteiger partial charge in [-0.05, 0) is 48.9 Å². The van der Waals surface area contributed by atoms with Crippen LogP contribution in [0.4, 0.5) is 0 Å². The van der Waals surface area contributed by atoms with E-state index in [1.807, 2.05) is 32.9 Å². The fourth-order valence-electron chi connectivity index (χ4n) is 2.22. The summed E-state index contributed by atoms with van der Waals surface area (Å²) in [7, 11) is -4.19. The van der Waals surface area contributed by atoms with Crippen molar-refractivity contribution in [1.82, 2.24) is 0 Å². The van der Waals surface area contributed by atoms with Crippen molar-refractivity contribution in [3.63, 3.8) is 0 Å². The first-order valence-corrected chi connectivity index (χ1v) is 6.73. The molecule has 2 aromatic rings. The molecule has 0 fully saturated rings. The molecule has 4 heteroatoms. The number of hydrogen-bond acceptors (Lipinski definition) is 2. The van der Waals surface area contributed by atoms with E-state index >= 15 is 0 Å². The smallest absolute Gasteiger partial charge is 0.282 e. The van der Waals surface area contributed by atoms with Crippen LogP contribution in [0.3, 0.4) is 0 Å². The van der Waals surface area contributed by atoms with Crippen LogP contribution in [0, 0.1) is 20.8 Å². The van der Waals surface area contributed by atoms with Gasteiger partial charge in [-0.2, -0.15) is 8.42 Å². The van der Waals surface area contributed by atoms with Crippen molar-refractivity contribution in [2.24, 2.45) is 0 Å². The van der Waals surface area contributed by atoms with Gasteiger partial charge in [0.25, 0.3) is 10.1 Å². The zero-order valence-corrected chi connectivity index (χ0v) is 10.8. The molecule has 0 heterocycles. The van der Waals surface area contributed by atoms with Crippen LogP contribution in [0.2, 0.25) is 0 Å². The maximum atomic E-state index is 11.4. The van der Waals surface area contributed by atoms with Gasteiger partial charge >= 0.3 is 0 Å². The van der Waals surface area contributed by atoms with E-state index in [-0.39, 0.29) is 4.90 Å². The molecule has 0 saturated heterocycles. The SMILES string of the molecule is Cc1ccc(C)c2c(S(=O)(=O)O)ccc(C)c12. The van der Waals surface area contributed by atoms with Crippen LogP contribution >= 0.6 is 0 Å². The number of fused-ring (bicyclic) bond motifs is 1. The summed E-state index contributed by atoms with van der Waals surface area (Å²) in [5.41, 5.74) is 2.86. The number of rotatable bonds is 1. The van der Waals surface area contributed by atoms with Gasteiger partial charge in [0, 0.05) is 5.39 Å². The molecule has 0 aliphatic rings. The topological polar surface area (TPSA) is 54.4 Å². The summed E-state index contributed by atoms with van der Waals surface area (Å²) in [6, 6.07) is 7.00. The summed E-state index contributed by atoms with van der Waals surface area (Å²) in [5, 5.41) is 1.52. The monoisotopic (exact) mass is 250 g/mol. The highest BCUT2D eigenvalue weighted by Gasteiger charge is 2.17. The van der Waals surface area contributed by atoms with E-state index in [9.17, 15) is 13.0 Å². The summed E-state index contributed by atoms with van der Waals surface area (Å²) in [6.45, 7) is 5.71. The van der Waals surface area contributed by atoms with E-state index in [4.69, 9.17) is 0 Å². The van der Waals surface area contributed by atoms with Crippen LogP contribution < -0.4 is 0 Å². The molecular formula is C13H14O3S. The van der Waals surface area contributed by atoms with Gasteiger partial charge in [-0.1, -0.05) is 18.2 Å². The molecule has 1 N–H and O–H groups in total. The minimum atomic E-state index is -4.19. The number of aryl methyl sites for hydroxylation is 3. The number of hydrogen-bond donors (Lipinski definition) is 1. The van der Waals surface area contributed by atoms with Crippen molar-refractivity contribution in [2.75, 3.05) is 0 Å². The second kappa shape index (κ2) is 3.82. The first kappa shape index (κ1) is 12.1. The van der Waals surface area contributed by atoms with Crippen molar-refractivity contribution in [2.45, 2.75) is 25.7 Å². The van der Waals surface area contributed by atoms with E-state index in [0.29, 0.717) is 5.39 Å². The van der Waals surface area contributed by atoms with Crippen LogP contribution in [0.1, 0.15) is 16.7 Å². The first-order valence-electron chi connectivity index (χ1n) is 5.29. The van der Waals surface area contributed by atoms with Crippen LogP contribution in [-0.4, -0.2) is 13.0 Å². The molecule has 0 spiro atoms. The summed E-state index contributed by atoms with van der Waals surface area (Å²) in [5.74, 6) is 0. The average Bonchev–Trinajstić information content (AvgIpc) is 2.22. The van der Waals surface area contributed by atoms with Gasteiger partial charge in [-0.25, -0.2) is 0 Å². The van der Waals surface area contributed by atoms with Gasteiger partial charge in [0.15, 0.2) is 0 Å². The van der Waals surface area contributed by atoms with Crippen molar-refractivity contribution in [3.05, 3.63) is 41.0 Å². The molecular weight excluding hydrogens is 236 g/mol. The lowest BCUT2D eigenvalue weighted by Crippen LogP contribution is -2.01. The Morgan fingerprint density at radius 2 is 1.24 bits per heavy atom. The summed E-state index contributed by atoms with van der Waals surface area (Å²) < 4.78 is 32.0. The predicted octanol–water partition coefficient (Wildman–Crippen LogP) is 3.01. The summed E-state index contributed by atoms with van der Waals surface area (Å²) in [6.07, 6.45) is 0. The Balaban J connectivity index is 3.10. The molecule has 0 bridgehead atoms. The largest absolute Gasteiger partial charge is 0.295 e. The van der Waals surface area contributed by atoms with Crippen LogP contribution in [0.5, 0.6) is 0 Å². The molecule has 0 saturated carbocycles. The van der Waals surface area contributed by atoms with Crippen LogP contribution in [0.15, 0.2) is 29.2 Å². The minimum absolute atomic E-state index is 0.0145. The molecule has 2 rings (SSSR count). The quantitative estimate of drug-likeness (QED) is 0.791. The average molecular weight is 250 g/mol. The highest BCUT2D eigenvalue weighted by Crippen LogP contribution is 2.31. The Kier molecular flexibility index (Phi) is 2.72. The zero-order chi connectivity index (χ0) is 12.8. The van der Waals surface area contributed by atoms with Crippen LogP contribution in [-0.2, 0) is 10.1 Å². The van der Waals surface area contributed by atoms with Crippen molar-refractivity contribution in [3.8, 4) is 0 Å². The predicted molar refractivity (Wildman–Crippen MR) is 68.0 cm³/mol. The van der Waals surface area contributed by atoms with Crippen LogP contribution in [0.25, 0.3) is 10.8 Å². The van der Waals surface area contributed by atoms with Gasteiger partial charge in [0.1, 0.15) is 4.90 Å². The third-order valence-corrected chi connectivity index (χ3v) is 3.92. The molecule has 2 aromatic carbocycles. The van der Waals surface area contributed by atoms with Gasteiger partial charge < -0.3 is 0 Å². The molecule has 90 valence electrons. The Labute approximate surface area is 101 Å². The van der Waals surface area contributed by atoms with Gasteiger partial charge in [0.05, 0.1) is 0 Å². The zero-order valence-electron chi connectivity index (χ0n) is 9.98. The van der Waals surface area contributed by atoms with Gasteiger partial charge in [-0.3, -0.25) is 4.55 Å². The summed E-state index contributed by atoms with van der Waals surface area (Å²) in [4.78, 5) is -0.0145. The molecule has 0 aliphatic carbocycles. The van der Waals surface area contributed by atoms with Crippen molar-refractivity contribution in [1.29, 1.82) is 0 Å². The Hall–Kier alpha value is -1.39. The number of benzene rings is 2. The first-order chi connectivity index (χ1) is 7.82. The highest BCUT2D eigenvalue weighted by molar-refractivity contribution is 7.86. The van der Waals surface area contributed by atoms with E-state index < -0.39 is 10.1 Å². The molecule has 3 nitrogen and oxygen atoms in total. The molecule has 0 aliphatic heterocycles. The minimum Gasteiger partial charge on any atom is -0.282 e. The molecule has 0 unspecified atom stereocenters. The highest BCUT2D eigenvalue weighted by atomic mass is 32.2. The maximum Gasteiger partial charge on any atom is 0.295 e. The fraction of sp³-hybridized carbons (Fsp3) is 0.231. The van der Waals surface area contributed by atoms with E-state index in [1.54, 1.807) is 6.07 Å². The second-order valence-corrected chi connectivity index (χ2v) is 5.69. The molecule has 0 atom stereocenters. The molecule has 0 aromatic heterocycles. The van der Waals surface area contributed by atoms with E-state index in [0.717, 1.165) is 22.1 Å². The molecule has 0 amide bonds. The standard InChI is InChI=1S/C13H14O3S/c1-8-4-5-10(3)13-11(17(14,15)16)7-6-9(2)12(8)13/h4-7H,1-3H3,(H,14,15,16). The lowest BCUT2D eigenvalue weighted by molar-refractivity contribution is 0.484. The van der Waals surface area contributed by atoms with Crippen molar-refractivity contribution >= 4 is 20.9 Å². The van der Waals surface area contributed by atoms with E-state index in [2.05, 4.69) is 0 Å². The Bertz CT molecular complexity index is 692. The lowest BCUT2D eigenvalue weighted by Gasteiger charge is -2.12. The summed E-state index contributed by atoms with van der Waals surface area (Å²) >= 11 is 0.